The maximum Gasteiger partial charge on any atom is 0.127 e. The Labute approximate surface area is 115 Å². The van der Waals surface area contributed by atoms with E-state index in [1.807, 2.05) is 6.07 Å². The summed E-state index contributed by atoms with van der Waals surface area (Å²) in [4.78, 5) is 0. The van der Waals surface area contributed by atoms with Crippen LogP contribution in [0.25, 0.3) is 0 Å². The molecule has 0 saturated carbocycles. The lowest BCUT2D eigenvalue weighted by molar-refractivity contribution is 0.0177. The van der Waals surface area contributed by atoms with Gasteiger partial charge >= 0.3 is 0 Å². The topological polar surface area (TPSA) is 21.3 Å². The monoisotopic (exact) mass is 265 g/mol. The van der Waals surface area contributed by atoms with Gasteiger partial charge in [0.15, 0.2) is 0 Å². The minimum absolute atomic E-state index is 0.150. The van der Waals surface area contributed by atoms with Crippen LogP contribution >= 0.6 is 0 Å². The SMILES string of the molecule is CCCC1(CC)CC(NCC)c2ccc(F)cc2O1. The molecule has 106 valence electrons. The molecule has 1 aliphatic rings. The maximum atomic E-state index is 13.4. The van der Waals surface area contributed by atoms with Crippen molar-refractivity contribution in [3.8, 4) is 5.75 Å². The summed E-state index contributed by atoms with van der Waals surface area (Å²) >= 11 is 0. The number of hydrogen-bond acceptors (Lipinski definition) is 2. The fourth-order valence-electron chi connectivity index (χ4n) is 3.07. The lowest BCUT2D eigenvalue weighted by Crippen LogP contribution is -2.43. The van der Waals surface area contributed by atoms with Crippen LogP contribution in [0.3, 0.4) is 0 Å². The van der Waals surface area contributed by atoms with Crippen LogP contribution in [-0.2, 0) is 0 Å². The second-order valence-corrected chi connectivity index (χ2v) is 5.39. The molecule has 1 heterocycles. The van der Waals surface area contributed by atoms with Crippen molar-refractivity contribution < 1.29 is 9.13 Å². The van der Waals surface area contributed by atoms with Crippen molar-refractivity contribution in [3.63, 3.8) is 0 Å². The van der Waals surface area contributed by atoms with Crippen LogP contribution < -0.4 is 10.1 Å². The van der Waals surface area contributed by atoms with Crippen molar-refractivity contribution in [1.29, 1.82) is 0 Å². The zero-order chi connectivity index (χ0) is 13.9. The van der Waals surface area contributed by atoms with E-state index in [-0.39, 0.29) is 17.5 Å². The zero-order valence-electron chi connectivity index (χ0n) is 12.1. The van der Waals surface area contributed by atoms with Crippen LogP contribution in [0.1, 0.15) is 58.1 Å². The Hall–Kier alpha value is -1.09. The predicted molar refractivity (Wildman–Crippen MR) is 76.0 cm³/mol. The van der Waals surface area contributed by atoms with Gasteiger partial charge in [0.2, 0.25) is 0 Å². The molecule has 1 aliphatic heterocycles. The Balaban J connectivity index is 2.37. The number of fused-ring (bicyclic) bond motifs is 1. The number of rotatable bonds is 5. The Morgan fingerprint density at radius 2 is 2.16 bits per heavy atom. The van der Waals surface area contributed by atoms with Gasteiger partial charge in [0.25, 0.3) is 0 Å². The molecule has 2 rings (SSSR count). The minimum atomic E-state index is -0.225. The molecular formula is C16H24FNO. The van der Waals surface area contributed by atoms with Crippen LogP contribution in [0.4, 0.5) is 4.39 Å². The van der Waals surface area contributed by atoms with E-state index in [4.69, 9.17) is 4.74 Å². The van der Waals surface area contributed by atoms with Gasteiger partial charge in [-0.1, -0.05) is 33.3 Å². The summed E-state index contributed by atoms with van der Waals surface area (Å²) < 4.78 is 19.6. The molecule has 0 fully saturated rings. The van der Waals surface area contributed by atoms with E-state index < -0.39 is 0 Å². The molecule has 19 heavy (non-hydrogen) atoms. The summed E-state index contributed by atoms with van der Waals surface area (Å²) in [6.45, 7) is 7.34. The summed E-state index contributed by atoms with van der Waals surface area (Å²) in [5.74, 6) is 0.491. The van der Waals surface area contributed by atoms with Gasteiger partial charge in [0.05, 0.1) is 0 Å². The molecule has 3 heteroatoms. The Kier molecular flexibility index (Phi) is 4.46. The highest BCUT2D eigenvalue weighted by molar-refractivity contribution is 5.39. The second kappa shape index (κ2) is 5.91. The van der Waals surface area contributed by atoms with Crippen molar-refractivity contribution in [2.24, 2.45) is 0 Å². The summed E-state index contributed by atoms with van der Waals surface area (Å²) in [7, 11) is 0. The largest absolute Gasteiger partial charge is 0.487 e. The fourth-order valence-corrected chi connectivity index (χ4v) is 3.07. The van der Waals surface area contributed by atoms with Gasteiger partial charge in [0, 0.05) is 24.1 Å². The first-order valence-electron chi connectivity index (χ1n) is 7.36. The van der Waals surface area contributed by atoms with Crippen molar-refractivity contribution in [1.82, 2.24) is 5.32 Å². The molecule has 0 bridgehead atoms. The molecule has 2 nitrogen and oxygen atoms in total. The average Bonchev–Trinajstić information content (AvgIpc) is 2.39. The van der Waals surface area contributed by atoms with Crippen LogP contribution in [-0.4, -0.2) is 12.1 Å². The Morgan fingerprint density at radius 1 is 1.37 bits per heavy atom. The summed E-state index contributed by atoms with van der Waals surface area (Å²) in [5, 5.41) is 3.51. The molecule has 0 aromatic heterocycles. The quantitative estimate of drug-likeness (QED) is 0.861. The van der Waals surface area contributed by atoms with E-state index in [2.05, 4.69) is 26.1 Å². The number of hydrogen-bond donors (Lipinski definition) is 1. The highest BCUT2D eigenvalue weighted by Gasteiger charge is 2.38. The third kappa shape index (κ3) is 2.92. The normalized spacial score (nSPS) is 25.8. The molecule has 2 unspecified atom stereocenters. The van der Waals surface area contributed by atoms with E-state index >= 15 is 0 Å². The molecule has 0 aliphatic carbocycles. The third-order valence-corrected chi connectivity index (χ3v) is 4.05. The van der Waals surface area contributed by atoms with Gasteiger partial charge in [-0.05, 0) is 25.5 Å². The predicted octanol–water partition coefficient (Wildman–Crippen LogP) is 4.21. The van der Waals surface area contributed by atoms with Crippen LogP contribution in [0.15, 0.2) is 18.2 Å². The van der Waals surface area contributed by atoms with Crippen molar-refractivity contribution in [2.45, 2.75) is 58.1 Å². The first kappa shape index (κ1) is 14.3. The highest BCUT2D eigenvalue weighted by atomic mass is 19.1. The van der Waals surface area contributed by atoms with E-state index in [0.29, 0.717) is 5.75 Å². The maximum absolute atomic E-state index is 13.4. The summed E-state index contributed by atoms with van der Waals surface area (Å²) in [5.41, 5.74) is 0.936. The number of ether oxygens (including phenoxy) is 1. The van der Waals surface area contributed by atoms with Crippen molar-refractivity contribution in [2.75, 3.05) is 6.54 Å². The van der Waals surface area contributed by atoms with Crippen LogP contribution in [0.2, 0.25) is 0 Å². The Bertz CT molecular complexity index is 435. The van der Waals surface area contributed by atoms with E-state index in [1.54, 1.807) is 0 Å². The first-order valence-corrected chi connectivity index (χ1v) is 7.36. The van der Waals surface area contributed by atoms with Gasteiger partial charge in [-0.25, -0.2) is 4.39 Å². The molecule has 0 amide bonds. The molecular weight excluding hydrogens is 241 g/mol. The molecule has 2 atom stereocenters. The fraction of sp³-hybridized carbons (Fsp3) is 0.625. The van der Waals surface area contributed by atoms with Gasteiger partial charge in [-0.3, -0.25) is 0 Å². The molecule has 0 radical (unpaired) electrons. The highest BCUT2D eigenvalue weighted by Crippen LogP contribution is 2.43. The van der Waals surface area contributed by atoms with E-state index in [1.165, 1.54) is 12.1 Å². The van der Waals surface area contributed by atoms with Gasteiger partial charge < -0.3 is 10.1 Å². The molecule has 1 aromatic carbocycles. The first-order chi connectivity index (χ1) is 9.14. The standard InChI is InChI=1S/C16H24FNO/c1-4-9-16(5-2)11-14(18-6-3)13-8-7-12(17)10-15(13)19-16/h7-8,10,14,18H,4-6,9,11H2,1-3H3. The smallest absolute Gasteiger partial charge is 0.127 e. The number of benzene rings is 1. The molecule has 0 spiro atoms. The van der Waals surface area contributed by atoms with Gasteiger partial charge in [0.1, 0.15) is 17.2 Å². The van der Waals surface area contributed by atoms with Gasteiger partial charge in [-0.15, -0.1) is 0 Å². The minimum Gasteiger partial charge on any atom is -0.487 e. The second-order valence-electron chi connectivity index (χ2n) is 5.39. The van der Waals surface area contributed by atoms with E-state index in [0.717, 1.165) is 37.8 Å². The summed E-state index contributed by atoms with van der Waals surface area (Å²) in [6.07, 6.45) is 4.02. The molecule has 1 N–H and O–H groups in total. The van der Waals surface area contributed by atoms with Crippen LogP contribution in [0, 0.1) is 5.82 Å². The van der Waals surface area contributed by atoms with Crippen molar-refractivity contribution in [3.05, 3.63) is 29.6 Å². The Morgan fingerprint density at radius 3 is 2.79 bits per heavy atom. The van der Waals surface area contributed by atoms with Crippen LogP contribution in [0.5, 0.6) is 5.75 Å². The molecule has 0 saturated heterocycles. The number of halogens is 1. The lowest BCUT2D eigenvalue weighted by Gasteiger charge is -2.42. The zero-order valence-corrected chi connectivity index (χ0v) is 12.1. The van der Waals surface area contributed by atoms with Gasteiger partial charge in [-0.2, -0.15) is 0 Å². The van der Waals surface area contributed by atoms with E-state index in [9.17, 15) is 4.39 Å². The molecule has 1 aromatic rings. The summed E-state index contributed by atoms with van der Waals surface area (Å²) in [6, 6.07) is 5.16. The van der Waals surface area contributed by atoms with Crippen molar-refractivity contribution >= 4 is 0 Å². The average molecular weight is 265 g/mol. The number of nitrogens with one attached hydrogen (secondary N) is 1. The third-order valence-electron chi connectivity index (χ3n) is 4.05. The lowest BCUT2D eigenvalue weighted by atomic mass is 9.82.